The predicted molar refractivity (Wildman–Crippen MR) is 45.7 cm³/mol. The van der Waals surface area contributed by atoms with Gasteiger partial charge in [-0.1, -0.05) is 0 Å². The number of rotatable bonds is 4. The summed E-state index contributed by atoms with van der Waals surface area (Å²) in [6.07, 6.45) is -3.09. The topological polar surface area (TPSA) is 43.1 Å². The van der Waals surface area contributed by atoms with Gasteiger partial charge in [0.15, 0.2) is 5.78 Å². The third-order valence-corrected chi connectivity index (χ3v) is 2.67. The molecule has 0 aromatic heterocycles. The Morgan fingerprint density at radius 2 is 1.93 bits per heavy atom. The van der Waals surface area contributed by atoms with E-state index in [4.69, 9.17) is 5.73 Å². The Morgan fingerprint density at radius 3 is 2.29 bits per heavy atom. The highest BCUT2D eigenvalue weighted by Gasteiger charge is 2.39. The molecule has 1 saturated carbocycles. The normalized spacial score (nSPS) is 20.3. The zero-order valence-electron chi connectivity index (χ0n) is 7.86. The fraction of sp³-hybridized carbons (Fsp3) is 0.889. The summed E-state index contributed by atoms with van der Waals surface area (Å²) >= 11 is 0. The van der Waals surface area contributed by atoms with Gasteiger partial charge in [0.25, 0.3) is 0 Å². The highest BCUT2D eigenvalue weighted by atomic mass is 19.4. The standard InChI is InChI=1S/C9H14F3NO/c10-9(11,12)6-1-3-7(14)8(13)4-2-5-8/h1-6,13H2. The van der Waals surface area contributed by atoms with Crippen molar-refractivity contribution in [3.63, 3.8) is 0 Å². The van der Waals surface area contributed by atoms with Crippen LogP contribution in [0, 0.1) is 0 Å². The molecule has 0 amide bonds. The number of halogens is 3. The maximum atomic E-state index is 11.8. The first-order valence-electron chi connectivity index (χ1n) is 4.72. The molecule has 0 radical (unpaired) electrons. The highest BCUT2D eigenvalue weighted by molar-refractivity contribution is 5.89. The molecule has 1 fully saturated rings. The molecule has 2 nitrogen and oxygen atoms in total. The van der Waals surface area contributed by atoms with Crippen LogP contribution in [0.1, 0.15) is 38.5 Å². The monoisotopic (exact) mass is 209 g/mol. The Hall–Kier alpha value is -0.580. The van der Waals surface area contributed by atoms with Crippen LogP contribution in [0.25, 0.3) is 0 Å². The zero-order chi connectivity index (χ0) is 10.8. The van der Waals surface area contributed by atoms with Crippen LogP contribution in [-0.2, 0) is 4.79 Å². The molecule has 0 saturated heterocycles. The van der Waals surface area contributed by atoms with Gasteiger partial charge in [-0.2, -0.15) is 13.2 Å². The fourth-order valence-electron chi connectivity index (χ4n) is 1.53. The molecule has 0 unspecified atom stereocenters. The molecular weight excluding hydrogens is 195 g/mol. The molecule has 0 aromatic carbocycles. The highest BCUT2D eigenvalue weighted by Crippen LogP contribution is 2.32. The SMILES string of the molecule is NC1(C(=O)CCCC(F)(F)F)CCC1. The van der Waals surface area contributed by atoms with Crippen LogP contribution in [0.3, 0.4) is 0 Å². The van der Waals surface area contributed by atoms with E-state index >= 15 is 0 Å². The molecule has 0 aromatic rings. The van der Waals surface area contributed by atoms with Crippen molar-refractivity contribution in [1.29, 1.82) is 0 Å². The van der Waals surface area contributed by atoms with Gasteiger partial charge in [-0.3, -0.25) is 4.79 Å². The van der Waals surface area contributed by atoms with Gasteiger partial charge < -0.3 is 5.73 Å². The first kappa shape index (κ1) is 11.5. The number of carbonyl (C=O) groups is 1. The minimum absolute atomic E-state index is 0.0456. The van der Waals surface area contributed by atoms with E-state index < -0.39 is 18.1 Å². The number of Topliss-reactive ketones (excluding diaryl/α,β-unsaturated/α-hetero) is 1. The molecule has 0 bridgehead atoms. The van der Waals surface area contributed by atoms with Gasteiger partial charge >= 0.3 is 6.18 Å². The number of nitrogens with two attached hydrogens (primary N) is 1. The summed E-state index contributed by atoms with van der Waals surface area (Å²) in [7, 11) is 0. The van der Waals surface area contributed by atoms with E-state index in [0.29, 0.717) is 12.8 Å². The molecule has 0 aliphatic heterocycles. The predicted octanol–water partition coefficient (Wildman–Crippen LogP) is 2.17. The Bertz CT molecular complexity index is 221. The maximum Gasteiger partial charge on any atom is 0.389 e. The van der Waals surface area contributed by atoms with Gasteiger partial charge in [-0.05, 0) is 25.7 Å². The molecule has 14 heavy (non-hydrogen) atoms. The minimum atomic E-state index is -4.17. The van der Waals surface area contributed by atoms with Crippen molar-refractivity contribution in [3.05, 3.63) is 0 Å². The average molecular weight is 209 g/mol. The lowest BCUT2D eigenvalue weighted by molar-refractivity contribution is -0.138. The third-order valence-electron chi connectivity index (χ3n) is 2.67. The zero-order valence-corrected chi connectivity index (χ0v) is 7.86. The molecule has 0 heterocycles. The molecule has 82 valence electrons. The number of hydrogen-bond donors (Lipinski definition) is 1. The van der Waals surface area contributed by atoms with Crippen molar-refractivity contribution in [1.82, 2.24) is 0 Å². The lowest BCUT2D eigenvalue weighted by Gasteiger charge is -2.36. The van der Waals surface area contributed by atoms with E-state index in [2.05, 4.69) is 0 Å². The van der Waals surface area contributed by atoms with Crippen molar-refractivity contribution >= 4 is 5.78 Å². The quantitative estimate of drug-likeness (QED) is 0.771. The first-order chi connectivity index (χ1) is 6.33. The van der Waals surface area contributed by atoms with Gasteiger partial charge in [0.05, 0.1) is 5.54 Å². The van der Waals surface area contributed by atoms with E-state index in [1.807, 2.05) is 0 Å². The Balaban J connectivity index is 2.22. The second-order valence-electron chi connectivity index (χ2n) is 3.90. The Labute approximate surface area is 80.7 Å². The van der Waals surface area contributed by atoms with Crippen molar-refractivity contribution in [2.45, 2.75) is 50.2 Å². The van der Waals surface area contributed by atoms with Crippen LogP contribution < -0.4 is 5.73 Å². The van der Waals surface area contributed by atoms with E-state index in [0.717, 1.165) is 6.42 Å². The van der Waals surface area contributed by atoms with Gasteiger partial charge in [-0.25, -0.2) is 0 Å². The van der Waals surface area contributed by atoms with Crippen LogP contribution in [0.15, 0.2) is 0 Å². The lowest BCUT2D eigenvalue weighted by Crippen LogP contribution is -2.53. The minimum Gasteiger partial charge on any atom is -0.319 e. The summed E-state index contributed by atoms with van der Waals surface area (Å²) in [5, 5.41) is 0. The van der Waals surface area contributed by atoms with Crippen LogP contribution in [0.2, 0.25) is 0 Å². The van der Waals surface area contributed by atoms with Gasteiger partial charge in [0.2, 0.25) is 0 Å². The van der Waals surface area contributed by atoms with Crippen molar-refractivity contribution in [3.8, 4) is 0 Å². The van der Waals surface area contributed by atoms with Gasteiger partial charge in [0.1, 0.15) is 0 Å². The molecule has 5 heteroatoms. The van der Waals surface area contributed by atoms with E-state index in [1.165, 1.54) is 0 Å². The lowest BCUT2D eigenvalue weighted by atomic mass is 9.73. The molecular formula is C9H14F3NO. The summed E-state index contributed by atoms with van der Waals surface area (Å²) in [5.41, 5.74) is 4.87. The number of carbonyl (C=O) groups excluding carboxylic acids is 1. The molecule has 0 atom stereocenters. The smallest absolute Gasteiger partial charge is 0.319 e. The first-order valence-corrected chi connectivity index (χ1v) is 4.72. The Kier molecular flexibility index (Phi) is 3.19. The van der Waals surface area contributed by atoms with E-state index in [-0.39, 0.29) is 18.6 Å². The number of hydrogen-bond acceptors (Lipinski definition) is 2. The molecule has 1 rings (SSSR count). The molecule has 1 aliphatic carbocycles. The average Bonchev–Trinajstić information content (AvgIpc) is 1.97. The fourth-order valence-corrected chi connectivity index (χ4v) is 1.53. The second-order valence-corrected chi connectivity index (χ2v) is 3.90. The molecule has 2 N–H and O–H groups in total. The third kappa shape index (κ3) is 2.97. The molecule has 1 aliphatic rings. The summed E-state index contributed by atoms with van der Waals surface area (Å²) in [6.45, 7) is 0. The maximum absolute atomic E-state index is 11.8. The van der Waals surface area contributed by atoms with Gasteiger partial charge in [0, 0.05) is 12.8 Å². The summed E-state index contributed by atoms with van der Waals surface area (Å²) in [6, 6.07) is 0. The van der Waals surface area contributed by atoms with Crippen LogP contribution >= 0.6 is 0 Å². The number of ketones is 1. The second kappa shape index (κ2) is 3.88. The largest absolute Gasteiger partial charge is 0.389 e. The van der Waals surface area contributed by atoms with Crippen LogP contribution in [0.4, 0.5) is 13.2 Å². The van der Waals surface area contributed by atoms with Crippen molar-refractivity contribution in [2.24, 2.45) is 5.73 Å². The van der Waals surface area contributed by atoms with Gasteiger partial charge in [-0.15, -0.1) is 0 Å². The summed E-state index contributed by atoms with van der Waals surface area (Å²) in [4.78, 5) is 11.3. The van der Waals surface area contributed by atoms with Crippen LogP contribution in [-0.4, -0.2) is 17.5 Å². The molecule has 0 spiro atoms. The van der Waals surface area contributed by atoms with Crippen molar-refractivity contribution in [2.75, 3.05) is 0 Å². The summed E-state index contributed by atoms with van der Waals surface area (Å²) < 4.78 is 35.3. The Morgan fingerprint density at radius 1 is 1.36 bits per heavy atom. The number of alkyl halides is 3. The van der Waals surface area contributed by atoms with E-state index in [1.54, 1.807) is 0 Å². The van der Waals surface area contributed by atoms with Crippen LogP contribution in [0.5, 0.6) is 0 Å². The van der Waals surface area contributed by atoms with E-state index in [9.17, 15) is 18.0 Å². The van der Waals surface area contributed by atoms with Crippen molar-refractivity contribution < 1.29 is 18.0 Å². The summed E-state index contributed by atoms with van der Waals surface area (Å²) in [5.74, 6) is -0.215.